The van der Waals surface area contributed by atoms with Crippen molar-refractivity contribution in [2.75, 3.05) is 0 Å². The summed E-state index contributed by atoms with van der Waals surface area (Å²) in [4.78, 5) is 0. The number of benzene rings is 2. The van der Waals surface area contributed by atoms with Crippen LogP contribution in [0, 0.1) is 12.7 Å². The number of rotatable bonds is 4. The molecule has 1 aromatic heterocycles. The molecule has 0 saturated heterocycles. The van der Waals surface area contributed by atoms with E-state index in [1.54, 1.807) is 23.9 Å². The maximum atomic E-state index is 12.9. The monoisotopic (exact) mass is 333 g/mol. The second-order valence-corrected chi connectivity index (χ2v) is 6.14. The Kier molecular flexibility index (Phi) is 4.45. The van der Waals surface area contributed by atoms with Gasteiger partial charge in [0.25, 0.3) is 0 Å². The lowest BCUT2D eigenvalue weighted by Gasteiger charge is -2.08. The lowest BCUT2D eigenvalue weighted by molar-refractivity contribution is 0.627. The topological polar surface area (TPSA) is 30.7 Å². The summed E-state index contributed by atoms with van der Waals surface area (Å²) in [6, 6.07) is 14.0. The first-order valence-corrected chi connectivity index (χ1v) is 8.05. The van der Waals surface area contributed by atoms with Crippen molar-refractivity contribution in [3.05, 3.63) is 70.8 Å². The van der Waals surface area contributed by atoms with Gasteiger partial charge < -0.3 is 0 Å². The minimum absolute atomic E-state index is 0.228. The van der Waals surface area contributed by atoms with Crippen molar-refractivity contribution in [1.82, 2.24) is 14.8 Å². The molecule has 112 valence electrons. The molecule has 0 radical (unpaired) electrons. The molecule has 0 aliphatic rings. The molecule has 0 bridgehead atoms. The molecule has 2 aromatic carbocycles. The van der Waals surface area contributed by atoms with Gasteiger partial charge in [0, 0.05) is 16.5 Å². The average Bonchev–Trinajstić information content (AvgIpc) is 2.89. The second kappa shape index (κ2) is 6.50. The van der Waals surface area contributed by atoms with Gasteiger partial charge in [0.15, 0.2) is 5.16 Å². The Hall–Kier alpha value is -1.85. The Morgan fingerprint density at radius 3 is 2.41 bits per heavy atom. The van der Waals surface area contributed by atoms with E-state index in [1.807, 2.05) is 35.8 Å². The molecule has 0 unspecified atom stereocenters. The highest BCUT2D eigenvalue weighted by Crippen LogP contribution is 2.25. The number of nitrogens with zero attached hydrogens (tertiary/aromatic N) is 3. The summed E-state index contributed by atoms with van der Waals surface area (Å²) in [5.41, 5.74) is 2.00. The van der Waals surface area contributed by atoms with Crippen LogP contribution in [0.15, 0.2) is 53.7 Å². The quantitative estimate of drug-likeness (QED) is 0.650. The summed E-state index contributed by atoms with van der Waals surface area (Å²) >= 11 is 7.49. The third-order valence-electron chi connectivity index (χ3n) is 3.16. The first-order valence-electron chi connectivity index (χ1n) is 6.69. The Labute approximate surface area is 137 Å². The van der Waals surface area contributed by atoms with Crippen LogP contribution in [0.1, 0.15) is 11.4 Å². The van der Waals surface area contributed by atoms with Gasteiger partial charge in [-0.25, -0.2) is 4.39 Å². The minimum Gasteiger partial charge on any atom is -0.274 e. The van der Waals surface area contributed by atoms with Crippen LogP contribution in [0.5, 0.6) is 0 Å². The van der Waals surface area contributed by atoms with Crippen molar-refractivity contribution in [1.29, 1.82) is 0 Å². The van der Waals surface area contributed by atoms with Crippen molar-refractivity contribution in [3.8, 4) is 5.69 Å². The van der Waals surface area contributed by atoms with Crippen molar-refractivity contribution < 1.29 is 4.39 Å². The Morgan fingerprint density at radius 1 is 1.05 bits per heavy atom. The van der Waals surface area contributed by atoms with Gasteiger partial charge in [0.1, 0.15) is 11.6 Å². The highest BCUT2D eigenvalue weighted by atomic mass is 35.5. The minimum atomic E-state index is -0.228. The zero-order chi connectivity index (χ0) is 15.5. The van der Waals surface area contributed by atoms with E-state index in [1.165, 1.54) is 12.1 Å². The average molecular weight is 334 g/mol. The number of aryl methyl sites for hydroxylation is 1. The molecule has 0 fully saturated rings. The van der Waals surface area contributed by atoms with Crippen LogP contribution in [-0.2, 0) is 5.75 Å². The van der Waals surface area contributed by atoms with E-state index in [0.717, 1.165) is 22.2 Å². The molecule has 3 nitrogen and oxygen atoms in total. The normalized spacial score (nSPS) is 10.9. The first-order chi connectivity index (χ1) is 10.6. The summed E-state index contributed by atoms with van der Waals surface area (Å²) in [6.07, 6.45) is 0. The maximum absolute atomic E-state index is 12.9. The molecule has 0 aliphatic carbocycles. The third kappa shape index (κ3) is 3.31. The van der Waals surface area contributed by atoms with Crippen molar-refractivity contribution in [3.63, 3.8) is 0 Å². The molecule has 0 saturated carbocycles. The van der Waals surface area contributed by atoms with Crippen LogP contribution in [0.3, 0.4) is 0 Å². The highest BCUT2D eigenvalue weighted by Gasteiger charge is 2.11. The lowest BCUT2D eigenvalue weighted by Crippen LogP contribution is -1.99. The molecular weight excluding hydrogens is 321 g/mol. The second-order valence-electron chi connectivity index (χ2n) is 4.76. The molecule has 22 heavy (non-hydrogen) atoms. The largest absolute Gasteiger partial charge is 0.274 e. The fraction of sp³-hybridized carbons (Fsp3) is 0.125. The summed E-state index contributed by atoms with van der Waals surface area (Å²) in [5, 5.41) is 9.84. The van der Waals surface area contributed by atoms with Crippen molar-refractivity contribution >= 4 is 23.4 Å². The Balaban J connectivity index is 1.83. The van der Waals surface area contributed by atoms with Crippen LogP contribution >= 0.6 is 23.4 Å². The smallest absolute Gasteiger partial charge is 0.196 e. The molecule has 0 spiro atoms. The van der Waals surface area contributed by atoms with Crippen LogP contribution in [0.25, 0.3) is 5.69 Å². The molecule has 6 heteroatoms. The van der Waals surface area contributed by atoms with Gasteiger partial charge in [0.05, 0.1) is 0 Å². The zero-order valence-electron chi connectivity index (χ0n) is 11.8. The van der Waals surface area contributed by atoms with Crippen LogP contribution in [0.2, 0.25) is 5.02 Å². The Morgan fingerprint density at radius 2 is 1.73 bits per heavy atom. The van der Waals surface area contributed by atoms with Crippen LogP contribution in [0.4, 0.5) is 4.39 Å². The summed E-state index contributed by atoms with van der Waals surface area (Å²) in [7, 11) is 0. The molecule has 0 N–H and O–H groups in total. The van der Waals surface area contributed by atoms with Gasteiger partial charge in [-0.05, 0) is 48.9 Å². The predicted molar refractivity (Wildman–Crippen MR) is 87.1 cm³/mol. The van der Waals surface area contributed by atoms with E-state index in [4.69, 9.17) is 11.6 Å². The van der Waals surface area contributed by atoms with Crippen molar-refractivity contribution in [2.24, 2.45) is 0 Å². The third-order valence-corrected chi connectivity index (χ3v) is 4.41. The Bertz CT molecular complexity index is 769. The van der Waals surface area contributed by atoms with Gasteiger partial charge >= 0.3 is 0 Å². The summed E-state index contributed by atoms with van der Waals surface area (Å²) in [6.45, 7) is 1.91. The number of hydrogen-bond donors (Lipinski definition) is 0. The molecule has 0 amide bonds. The molecule has 3 rings (SSSR count). The van der Waals surface area contributed by atoms with Gasteiger partial charge in [-0.1, -0.05) is 35.5 Å². The van der Waals surface area contributed by atoms with E-state index in [2.05, 4.69) is 10.2 Å². The molecular formula is C16H13ClFN3S. The van der Waals surface area contributed by atoms with Gasteiger partial charge in [-0.2, -0.15) is 0 Å². The van der Waals surface area contributed by atoms with Crippen molar-refractivity contribution in [2.45, 2.75) is 17.8 Å². The SMILES string of the molecule is Cc1nnc(SCc2ccc(F)cc2)n1-c1ccc(Cl)cc1. The molecule has 0 aliphatic heterocycles. The first kappa shape index (κ1) is 15.1. The fourth-order valence-electron chi connectivity index (χ4n) is 2.05. The van der Waals surface area contributed by atoms with Gasteiger partial charge in [-0.15, -0.1) is 10.2 Å². The van der Waals surface area contributed by atoms with E-state index >= 15 is 0 Å². The number of aromatic nitrogens is 3. The number of hydrogen-bond acceptors (Lipinski definition) is 3. The van der Waals surface area contributed by atoms with Gasteiger partial charge in [-0.3, -0.25) is 4.57 Å². The van der Waals surface area contributed by atoms with E-state index in [0.29, 0.717) is 10.8 Å². The fourth-order valence-corrected chi connectivity index (χ4v) is 3.13. The van der Waals surface area contributed by atoms with E-state index < -0.39 is 0 Å². The van der Waals surface area contributed by atoms with Crippen LogP contribution in [-0.4, -0.2) is 14.8 Å². The van der Waals surface area contributed by atoms with Crippen LogP contribution < -0.4 is 0 Å². The molecule has 3 aromatic rings. The van der Waals surface area contributed by atoms with E-state index in [9.17, 15) is 4.39 Å². The van der Waals surface area contributed by atoms with E-state index in [-0.39, 0.29) is 5.82 Å². The standard InChI is InChI=1S/C16H13ClFN3S/c1-11-19-20-16(21(11)15-8-4-13(17)5-9-15)22-10-12-2-6-14(18)7-3-12/h2-9H,10H2,1H3. The maximum Gasteiger partial charge on any atom is 0.196 e. The summed E-state index contributed by atoms with van der Waals surface area (Å²) in [5.74, 6) is 1.28. The number of halogens is 2. The molecule has 0 atom stereocenters. The summed E-state index contributed by atoms with van der Waals surface area (Å²) < 4.78 is 14.9. The predicted octanol–water partition coefficient (Wildman–Crippen LogP) is 4.66. The van der Waals surface area contributed by atoms with Gasteiger partial charge in [0.2, 0.25) is 0 Å². The lowest BCUT2D eigenvalue weighted by atomic mass is 10.2. The number of thioether (sulfide) groups is 1. The zero-order valence-corrected chi connectivity index (χ0v) is 13.4. The molecule has 1 heterocycles. The highest BCUT2D eigenvalue weighted by molar-refractivity contribution is 7.98.